The van der Waals surface area contributed by atoms with Crippen LogP contribution in [0, 0.1) is 0 Å². The summed E-state index contributed by atoms with van der Waals surface area (Å²) in [6, 6.07) is 7.81. The third-order valence-corrected chi connectivity index (χ3v) is 2.00. The Morgan fingerprint density at radius 1 is 1.43 bits per heavy atom. The minimum absolute atomic E-state index is 0.657. The summed E-state index contributed by atoms with van der Waals surface area (Å²) in [5.74, 6) is 1.55. The molecule has 0 N–H and O–H groups in total. The second-order valence-electron chi connectivity index (χ2n) is 2.96. The molecule has 3 nitrogen and oxygen atoms in total. The van der Waals surface area contributed by atoms with Gasteiger partial charge in [0.25, 0.3) is 0 Å². The number of aliphatic imine (C=N–C) groups is 1. The molecule has 3 heteroatoms. The molecule has 1 heterocycles. The van der Waals surface area contributed by atoms with Gasteiger partial charge in [0.2, 0.25) is 5.90 Å². The number of ether oxygens (including phenoxy) is 2. The maximum atomic E-state index is 5.49. The van der Waals surface area contributed by atoms with Crippen molar-refractivity contribution >= 4 is 5.90 Å². The van der Waals surface area contributed by atoms with E-state index in [-0.39, 0.29) is 0 Å². The number of para-hydroxylation sites is 1. The highest BCUT2D eigenvalue weighted by Crippen LogP contribution is 2.20. The van der Waals surface area contributed by atoms with Crippen molar-refractivity contribution in [2.75, 3.05) is 19.8 Å². The molecule has 14 heavy (non-hydrogen) atoms. The molecule has 1 aromatic carbocycles. The monoisotopic (exact) mass is 191 g/mol. The Labute approximate surface area is 83.4 Å². The molecule has 0 bridgehead atoms. The molecule has 1 aliphatic rings. The molecule has 2 rings (SSSR count). The highest BCUT2D eigenvalue weighted by Gasteiger charge is 2.14. The lowest BCUT2D eigenvalue weighted by Gasteiger charge is -2.08. The van der Waals surface area contributed by atoms with E-state index < -0.39 is 0 Å². The Morgan fingerprint density at radius 3 is 3.00 bits per heavy atom. The summed E-state index contributed by atoms with van der Waals surface area (Å²) in [7, 11) is 0. The molecular formula is C11H13NO2. The van der Waals surface area contributed by atoms with Crippen LogP contribution in [0.3, 0.4) is 0 Å². The normalized spacial score (nSPS) is 14.8. The SMILES string of the molecule is CCOc1ccccc1C1=NCCO1. The average molecular weight is 191 g/mol. The highest BCUT2D eigenvalue weighted by molar-refractivity contribution is 5.97. The van der Waals surface area contributed by atoms with Gasteiger partial charge in [-0.05, 0) is 19.1 Å². The summed E-state index contributed by atoms with van der Waals surface area (Å²) < 4.78 is 10.9. The largest absolute Gasteiger partial charge is 0.493 e. The van der Waals surface area contributed by atoms with Crippen LogP contribution in [0.15, 0.2) is 29.3 Å². The third kappa shape index (κ3) is 1.71. The Kier molecular flexibility index (Phi) is 2.68. The fraction of sp³-hybridized carbons (Fsp3) is 0.364. The Hall–Kier alpha value is -1.51. The molecule has 0 radical (unpaired) electrons. The molecule has 0 spiro atoms. The van der Waals surface area contributed by atoms with Crippen LogP contribution in [0.4, 0.5) is 0 Å². The van der Waals surface area contributed by atoms with Gasteiger partial charge in [0.1, 0.15) is 12.4 Å². The van der Waals surface area contributed by atoms with Gasteiger partial charge in [-0.3, -0.25) is 0 Å². The van der Waals surface area contributed by atoms with Crippen molar-refractivity contribution in [2.24, 2.45) is 4.99 Å². The summed E-state index contributed by atoms with van der Waals surface area (Å²) in [5, 5.41) is 0. The van der Waals surface area contributed by atoms with Crippen molar-refractivity contribution in [3.63, 3.8) is 0 Å². The van der Waals surface area contributed by atoms with Crippen molar-refractivity contribution in [1.29, 1.82) is 0 Å². The zero-order valence-electron chi connectivity index (χ0n) is 8.19. The fourth-order valence-corrected chi connectivity index (χ4v) is 1.42. The Balaban J connectivity index is 2.31. The third-order valence-electron chi connectivity index (χ3n) is 2.00. The van der Waals surface area contributed by atoms with E-state index in [0.717, 1.165) is 17.9 Å². The van der Waals surface area contributed by atoms with Crippen LogP contribution in [-0.4, -0.2) is 25.7 Å². The van der Waals surface area contributed by atoms with E-state index in [1.165, 1.54) is 0 Å². The predicted molar refractivity (Wildman–Crippen MR) is 55.0 cm³/mol. The first kappa shape index (κ1) is 9.06. The van der Waals surface area contributed by atoms with Crippen molar-refractivity contribution in [3.8, 4) is 5.75 Å². The molecule has 0 atom stereocenters. The number of hydrogen-bond donors (Lipinski definition) is 0. The van der Waals surface area contributed by atoms with E-state index in [1.54, 1.807) is 0 Å². The molecular weight excluding hydrogens is 178 g/mol. The Bertz CT molecular complexity index is 347. The summed E-state index contributed by atoms with van der Waals surface area (Å²) in [6.45, 7) is 4.05. The highest BCUT2D eigenvalue weighted by atomic mass is 16.5. The molecule has 1 aliphatic heterocycles. The summed E-state index contributed by atoms with van der Waals surface area (Å²) in [6.07, 6.45) is 0. The standard InChI is InChI=1S/C11H13NO2/c1-2-13-10-6-4-3-5-9(10)11-12-7-8-14-11/h3-6H,2,7-8H2,1H3. The van der Waals surface area contributed by atoms with Crippen molar-refractivity contribution in [2.45, 2.75) is 6.92 Å². The maximum absolute atomic E-state index is 5.49. The smallest absolute Gasteiger partial charge is 0.220 e. The van der Waals surface area contributed by atoms with Crippen molar-refractivity contribution in [1.82, 2.24) is 0 Å². The second-order valence-corrected chi connectivity index (χ2v) is 2.96. The molecule has 1 aromatic rings. The topological polar surface area (TPSA) is 30.8 Å². The molecule has 0 saturated carbocycles. The van der Waals surface area contributed by atoms with Crippen LogP contribution in [0.25, 0.3) is 0 Å². The van der Waals surface area contributed by atoms with Crippen LogP contribution in [0.2, 0.25) is 0 Å². The van der Waals surface area contributed by atoms with Gasteiger partial charge in [-0.15, -0.1) is 0 Å². The fourth-order valence-electron chi connectivity index (χ4n) is 1.42. The molecule has 0 unspecified atom stereocenters. The molecule has 0 aromatic heterocycles. The zero-order valence-corrected chi connectivity index (χ0v) is 8.19. The number of rotatable bonds is 3. The lowest BCUT2D eigenvalue weighted by Crippen LogP contribution is -2.04. The van der Waals surface area contributed by atoms with Crippen molar-refractivity contribution in [3.05, 3.63) is 29.8 Å². The van der Waals surface area contributed by atoms with Gasteiger partial charge in [-0.2, -0.15) is 0 Å². The minimum atomic E-state index is 0.657. The van der Waals surface area contributed by atoms with Crippen LogP contribution in [0.5, 0.6) is 5.75 Å². The van der Waals surface area contributed by atoms with Gasteiger partial charge >= 0.3 is 0 Å². The molecule has 0 amide bonds. The van der Waals surface area contributed by atoms with E-state index in [1.807, 2.05) is 31.2 Å². The zero-order chi connectivity index (χ0) is 9.80. The summed E-state index contributed by atoms with van der Waals surface area (Å²) in [4.78, 5) is 4.26. The maximum Gasteiger partial charge on any atom is 0.220 e. The quantitative estimate of drug-likeness (QED) is 0.730. The number of nitrogens with zero attached hydrogens (tertiary/aromatic N) is 1. The molecule has 0 saturated heterocycles. The van der Waals surface area contributed by atoms with Gasteiger partial charge in [0.15, 0.2) is 0 Å². The molecule has 74 valence electrons. The summed E-state index contributed by atoms with van der Waals surface area (Å²) >= 11 is 0. The Morgan fingerprint density at radius 2 is 2.29 bits per heavy atom. The lowest BCUT2D eigenvalue weighted by atomic mass is 10.2. The molecule has 0 aliphatic carbocycles. The van der Waals surface area contributed by atoms with Crippen LogP contribution in [0.1, 0.15) is 12.5 Å². The lowest BCUT2D eigenvalue weighted by molar-refractivity contribution is 0.329. The summed E-state index contributed by atoms with van der Waals surface area (Å²) in [5.41, 5.74) is 0.951. The number of hydrogen-bond acceptors (Lipinski definition) is 3. The first-order valence-electron chi connectivity index (χ1n) is 4.81. The van der Waals surface area contributed by atoms with E-state index in [2.05, 4.69) is 4.99 Å². The van der Waals surface area contributed by atoms with E-state index >= 15 is 0 Å². The van der Waals surface area contributed by atoms with Gasteiger partial charge < -0.3 is 9.47 Å². The first-order valence-corrected chi connectivity index (χ1v) is 4.81. The van der Waals surface area contributed by atoms with E-state index in [9.17, 15) is 0 Å². The first-order chi connectivity index (χ1) is 6.92. The number of benzene rings is 1. The van der Waals surface area contributed by atoms with Gasteiger partial charge in [0, 0.05) is 0 Å². The van der Waals surface area contributed by atoms with Gasteiger partial charge in [-0.25, -0.2) is 4.99 Å². The predicted octanol–water partition coefficient (Wildman–Crippen LogP) is 1.86. The van der Waals surface area contributed by atoms with Crippen LogP contribution in [-0.2, 0) is 4.74 Å². The van der Waals surface area contributed by atoms with Crippen LogP contribution < -0.4 is 4.74 Å². The van der Waals surface area contributed by atoms with Crippen molar-refractivity contribution < 1.29 is 9.47 Å². The van der Waals surface area contributed by atoms with E-state index in [0.29, 0.717) is 19.1 Å². The van der Waals surface area contributed by atoms with E-state index in [4.69, 9.17) is 9.47 Å². The molecule has 0 fully saturated rings. The second kappa shape index (κ2) is 4.13. The minimum Gasteiger partial charge on any atom is -0.493 e. The van der Waals surface area contributed by atoms with Crippen LogP contribution >= 0.6 is 0 Å². The van der Waals surface area contributed by atoms with Gasteiger partial charge in [-0.1, -0.05) is 12.1 Å². The average Bonchev–Trinajstić information content (AvgIpc) is 2.72. The van der Waals surface area contributed by atoms with Gasteiger partial charge in [0.05, 0.1) is 18.7 Å².